The van der Waals surface area contributed by atoms with Gasteiger partial charge in [-0.2, -0.15) is 0 Å². The van der Waals surface area contributed by atoms with E-state index in [0.717, 1.165) is 6.42 Å². The SMILES string of the molecule is CCC(C)C(C)(NC)c1nc(C)c(C)s1. The van der Waals surface area contributed by atoms with Gasteiger partial charge in [0.25, 0.3) is 0 Å². The first-order valence-electron chi connectivity index (χ1n) is 5.59. The second-order valence-corrected chi connectivity index (χ2v) is 5.63. The Bertz CT molecular complexity index is 313. The predicted octanol–water partition coefficient (Wildman–Crippen LogP) is 3.24. The average molecular weight is 226 g/mol. The molecule has 0 radical (unpaired) electrons. The predicted molar refractivity (Wildman–Crippen MR) is 67.5 cm³/mol. The Labute approximate surface area is 97.1 Å². The number of hydrogen-bond donors (Lipinski definition) is 1. The lowest BCUT2D eigenvalue weighted by atomic mass is 9.86. The van der Waals surface area contributed by atoms with Gasteiger partial charge in [-0.05, 0) is 33.7 Å². The van der Waals surface area contributed by atoms with E-state index in [1.54, 1.807) is 0 Å². The lowest BCUT2D eigenvalue weighted by Crippen LogP contribution is -2.42. The molecule has 0 aliphatic carbocycles. The summed E-state index contributed by atoms with van der Waals surface area (Å²) in [5.41, 5.74) is 1.18. The topological polar surface area (TPSA) is 24.9 Å². The summed E-state index contributed by atoms with van der Waals surface area (Å²) in [4.78, 5) is 6.01. The summed E-state index contributed by atoms with van der Waals surface area (Å²) in [5, 5.41) is 4.65. The van der Waals surface area contributed by atoms with Crippen LogP contribution in [0.2, 0.25) is 0 Å². The van der Waals surface area contributed by atoms with E-state index in [1.165, 1.54) is 15.6 Å². The van der Waals surface area contributed by atoms with E-state index < -0.39 is 0 Å². The molecule has 0 aromatic carbocycles. The monoisotopic (exact) mass is 226 g/mol. The molecule has 1 aromatic heterocycles. The Morgan fingerprint density at radius 2 is 2.07 bits per heavy atom. The molecule has 0 bridgehead atoms. The van der Waals surface area contributed by atoms with Crippen LogP contribution in [0.15, 0.2) is 0 Å². The molecule has 3 heteroatoms. The number of rotatable bonds is 4. The van der Waals surface area contributed by atoms with Crippen LogP contribution in [0.4, 0.5) is 0 Å². The first-order chi connectivity index (χ1) is 6.95. The number of hydrogen-bond acceptors (Lipinski definition) is 3. The van der Waals surface area contributed by atoms with Crippen LogP contribution in [0, 0.1) is 19.8 Å². The Kier molecular flexibility index (Phi) is 3.90. The minimum atomic E-state index is 0.0123. The molecule has 0 fully saturated rings. The van der Waals surface area contributed by atoms with Gasteiger partial charge in [-0.15, -0.1) is 11.3 Å². The highest BCUT2D eigenvalue weighted by atomic mass is 32.1. The minimum Gasteiger partial charge on any atom is -0.308 e. The number of aryl methyl sites for hydroxylation is 2. The fourth-order valence-electron chi connectivity index (χ4n) is 1.67. The van der Waals surface area contributed by atoms with Crippen molar-refractivity contribution in [1.82, 2.24) is 10.3 Å². The molecular weight excluding hydrogens is 204 g/mol. The Hall–Kier alpha value is -0.410. The highest BCUT2D eigenvalue weighted by molar-refractivity contribution is 7.11. The van der Waals surface area contributed by atoms with Gasteiger partial charge < -0.3 is 5.32 Å². The van der Waals surface area contributed by atoms with E-state index in [0.29, 0.717) is 5.92 Å². The normalized spacial score (nSPS) is 17.5. The number of aromatic nitrogens is 1. The zero-order chi connectivity index (χ0) is 11.6. The molecule has 0 saturated heterocycles. The van der Waals surface area contributed by atoms with Crippen LogP contribution in [0.3, 0.4) is 0 Å². The maximum Gasteiger partial charge on any atom is 0.113 e. The molecule has 0 saturated carbocycles. The van der Waals surface area contributed by atoms with Crippen LogP contribution >= 0.6 is 11.3 Å². The molecule has 1 N–H and O–H groups in total. The van der Waals surface area contributed by atoms with Gasteiger partial charge in [0.1, 0.15) is 5.01 Å². The number of nitrogens with one attached hydrogen (secondary N) is 1. The summed E-state index contributed by atoms with van der Waals surface area (Å²) in [6.45, 7) is 11.0. The van der Waals surface area contributed by atoms with Gasteiger partial charge in [0.05, 0.1) is 11.2 Å². The lowest BCUT2D eigenvalue weighted by molar-refractivity contribution is 0.258. The van der Waals surface area contributed by atoms with E-state index >= 15 is 0 Å². The Morgan fingerprint density at radius 3 is 2.40 bits per heavy atom. The van der Waals surface area contributed by atoms with Gasteiger partial charge in [0.15, 0.2) is 0 Å². The van der Waals surface area contributed by atoms with E-state index in [9.17, 15) is 0 Å². The van der Waals surface area contributed by atoms with E-state index in [2.05, 4.69) is 44.9 Å². The third-order valence-electron chi connectivity index (χ3n) is 3.59. The molecule has 2 atom stereocenters. The fourth-order valence-corrected chi connectivity index (χ4v) is 2.85. The molecule has 1 aromatic rings. The molecule has 1 rings (SSSR count). The smallest absolute Gasteiger partial charge is 0.113 e. The molecule has 86 valence electrons. The number of thiazole rings is 1. The van der Waals surface area contributed by atoms with Crippen LogP contribution in [0.1, 0.15) is 42.8 Å². The van der Waals surface area contributed by atoms with E-state index in [1.807, 2.05) is 18.4 Å². The molecule has 0 aliphatic heterocycles. The second-order valence-electron chi connectivity index (χ2n) is 4.42. The van der Waals surface area contributed by atoms with Crippen molar-refractivity contribution >= 4 is 11.3 Å². The minimum absolute atomic E-state index is 0.0123. The average Bonchev–Trinajstić information content (AvgIpc) is 2.57. The van der Waals surface area contributed by atoms with Crippen molar-refractivity contribution < 1.29 is 0 Å². The van der Waals surface area contributed by atoms with Crippen molar-refractivity contribution in [3.8, 4) is 0 Å². The van der Waals surface area contributed by atoms with Crippen molar-refractivity contribution in [3.05, 3.63) is 15.6 Å². The van der Waals surface area contributed by atoms with Gasteiger partial charge >= 0.3 is 0 Å². The summed E-state index contributed by atoms with van der Waals surface area (Å²) in [7, 11) is 2.03. The molecule has 2 nitrogen and oxygen atoms in total. The molecule has 0 amide bonds. The fraction of sp³-hybridized carbons (Fsp3) is 0.750. The third-order valence-corrected chi connectivity index (χ3v) is 4.90. The molecule has 1 heterocycles. The largest absolute Gasteiger partial charge is 0.308 e. The molecule has 2 unspecified atom stereocenters. The summed E-state index contributed by atoms with van der Waals surface area (Å²) >= 11 is 1.82. The summed E-state index contributed by atoms with van der Waals surface area (Å²) < 4.78 is 0. The molecule has 0 spiro atoms. The summed E-state index contributed by atoms with van der Waals surface area (Å²) in [5.74, 6) is 0.590. The first kappa shape index (κ1) is 12.7. The van der Waals surface area contributed by atoms with Gasteiger partial charge in [-0.25, -0.2) is 4.98 Å². The van der Waals surface area contributed by atoms with E-state index in [4.69, 9.17) is 0 Å². The van der Waals surface area contributed by atoms with E-state index in [-0.39, 0.29) is 5.54 Å². The molecular formula is C12H22N2S. The van der Waals surface area contributed by atoms with Crippen molar-refractivity contribution in [2.75, 3.05) is 7.05 Å². The van der Waals surface area contributed by atoms with Crippen LogP contribution in [-0.4, -0.2) is 12.0 Å². The second kappa shape index (κ2) is 4.62. The maximum atomic E-state index is 4.68. The van der Waals surface area contributed by atoms with Gasteiger partial charge in [-0.3, -0.25) is 0 Å². The van der Waals surface area contributed by atoms with Crippen molar-refractivity contribution in [2.24, 2.45) is 5.92 Å². The Balaban J connectivity index is 3.10. The highest BCUT2D eigenvalue weighted by Gasteiger charge is 2.33. The summed E-state index contributed by atoms with van der Waals surface area (Å²) in [6.07, 6.45) is 1.16. The standard InChI is InChI=1S/C12H22N2S/c1-7-8(2)12(5,13-6)11-14-9(3)10(4)15-11/h8,13H,7H2,1-6H3. The van der Waals surface area contributed by atoms with Crippen LogP contribution < -0.4 is 5.32 Å². The van der Waals surface area contributed by atoms with Gasteiger partial charge in [0.2, 0.25) is 0 Å². The van der Waals surface area contributed by atoms with Crippen molar-refractivity contribution in [1.29, 1.82) is 0 Å². The Morgan fingerprint density at radius 1 is 1.47 bits per heavy atom. The molecule has 0 aliphatic rings. The quantitative estimate of drug-likeness (QED) is 0.852. The highest BCUT2D eigenvalue weighted by Crippen LogP contribution is 2.34. The summed E-state index contributed by atoms with van der Waals surface area (Å²) in [6, 6.07) is 0. The van der Waals surface area contributed by atoms with Crippen LogP contribution in [0.5, 0.6) is 0 Å². The maximum absolute atomic E-state index is 4.68. The third kappa shape index (κ3) is 2.23. The lowest BCUT2D eigenvalue weighted by Gasteiger charge is -2.33. The van der Waals surface area contributed by atoms with Crippen LogP contribution in [-0.2, 0) is 5.54 Å². The van der Waals surface area contributed by atoms with Crippen molar-refractivity contribution in [2.45, 2.75) is 46.6 Å². The zero-order valence-electron chi connectivity index (χ0n) is 10.6. The van der Waals surface area contributed by atoms with Crippen molar-refractivity contribution in [3.63, 3.8) is 0 Å². The van der Waals surface area contributed by atoms with Crippen LogP contribution in [0.25, 0.3) is 0 Å². The van der Waals surface area contributed by atoms with Gasteiger partial charge in [-0.1, -0.05) is 20.3 Å². The van der Waals surface area contributed by atoms with Gasteiger partial charge in [0, 0.05) is 4.88 Å². The number of nitrogens with zero attached hydrogens (tertiary/aromatic N) is 1. The zero-order valence-corrected chi connectivity index (χ0v) is 11.5. The first-order valence-corrected chi connectivity index (χ1v) is 6.40. The molecule has 15 heavy (non-hydrogen) atoms.